The maximum atomic E-state index is 13.2. The fraction of sp³-hybridized carbons (Fsp3) is 0.607. The molecule has 3 N–H and O–H groups in total. The van der Waals surface area contributed by atoms with E-state index in [2.05, 4.69) is 22.9 Å². The lowest BCUT2D eigenvalue weighted by molar-refractivity contribution is -0.141. The van der Waals surface area contributed by atoms with Crippen molar-refractivity contribution in [2.45, 2.75) is 96.9 Å². The molecule has 3 amide bonds. The van der Waals surface area contributed by atoms with Crippen LogP contribution in [0.15, 0.2) is 35.5 Å². The highest BCUT2D eigenvalue weighted by atomic mass is 16.5. The van der Waals surface area contributed by atoms with Crippen LogP contribution in [0.1, 0.15) is 103 Å². The number of rotatable bonds is 12. The van der Waals surface area contributed by atoms with Crippen LogP contribution in [0.4, 0.5) is 10.5 Å². The fourth-order valence-electron chi connectivity index (χ4n) is 4.88. The van der Waals surface area contributed by atoms with Crippen LogP contribution < -0.4 is 16.0 Å². The Morgan fingerprint density at radius 2 is 1.71 bits per heavy atom. The number of hydrogen-bond acceptors (Lipinski definition) is 4. The molecule has 2 aliphatic rings. The first-order chi connectivity index (χ1) is 17.0. The van der Waals surface area contributed by atoms with Crippen molar-refractivity contribution in [3.63, 3.8) is 0 Å². The zero-order valence-corrected chi connectivity index (χ0v) is 21.3. The van der Waals surface area contributed by atoms with Crippen molar-refractivity contribution in [3.8, 4) is 0 Å². The average molecular weight is 484 g/mol. The first-order valence-electron chi connectivity index (χ1n) is 13.4. The van der Waals surface area contributed by atoms with Crippen LogP contribution in [-0.4, -0.2) is 24.5 Å². The summed E-state index contributed by atoms with van der Waals surface area (Å²) >= 11 is 0. The first-order valence-corrected chi connectivity index (χ1v) is 13.4. The number of nitrogens with one attached hydrogen (secondary N) is 3. The van der Waals surface area contributed by atoms with Crippen LogP contribution in [0.5, 0.6) is 0 Å². The fourth-order valence-corrected chi connectivity index (χ4v) is 4.88. The van der Waals surface area contributed by atoms with Gasteiger partial charge in [0.2, 0.25) is 5.91 Å². The normalized spacial score (nSPS) is 18.6. The first kappa shape index (κ1) is 26.8. The van der Waals surface area contributed by atoms with Crippen LogP contribution in [0, 0.1) is 5.92 Å². The molecule has 0 bridgehead atoms. The van der Waals surface area contributed by atoms with Crippen LogP contribution in [-0.2, 0) is 14.3 Å². The summed E-state index contributed by atoms with van der Waals surface area (Å²) < 4.78 is 5.73. The molecule has 1 fully saturated rings. The second-order valence-electron chi connectivity index (χ2n) is 9.71. The Bertz CT molecular complexity index is 888. The highest BCUT2D eigenvalue weighted by molar-refractivity contribution is 5.95. The zero-order chi connectivity index (χ0) is 25.0. The summed E-state index contributed by atoms with van der Waals surface area (Å²) in [5.41, 5.74) is 2.52. The Labute approximate surface area is 209 Å². The Morgan fingerprint density at radius 1 is 1.00 bits per heavy atom. The molecular weight excluding hydrogens is 442 g/mol. The molecule has 0 saturated heterocycles. The van der Waals surface area contributed by atoms with Crippen molar-refractivity contribution in [1.29, 1.82) is 0 Å². The third kappa shape index (κ3) is 8.11. The van der Waals surface area contributed by atoms with Crippen molar-refractivity contribution in [1.82, 2.24) is 10.6 Å². The molecule has 7 heteroatoms. The molecule has 1 heterocycles. The Morgan fingerprint density at radius 3 is 2.40 bits per heavy atom. The molecule has 7 nitrogen and oxygen atoms in total. The molecule has 1 saturated carbocycles. The standard InChI is InChI=1S/C28H41N3O4/c1-3-5-6-7-11-14-24(32)29-22-17-15-21(16-18-22)26-25(23(4-2)30-28(34)31-26)27(33)35-19-20-12-9-8-10-13-20/h15-18,20,26H,3-14,19H2,1-2H3,(H,29,32)(H2,30,31,34). The third-order valence-electron chi connectivity index (χ3n) is 6.94. The van der Waals surface area contributed by atoms with Gasteiger partial charge in [0.1, 0.15) is 0 Å². The van der Waals surface area contributed by atoms with E-state index in [1.54, 1.807) is 0 Å². The summed E-state index contributed by atoms with van der Waals surface area (Å²) in [5.74, 6) is 0.0347. The summed E-state index contributed by atoms with van der Waals surface area (Å²) in [6.07, 6.45) is 12.4. The summed E-state index contributed by atoms with van der Waals surface area (Å²) in [6.45, 7) is 4.50. The minimum absolute atomic E-state index is 0.00422. The van der Waals surface area contributed by atoms with Crippen molar-refractivity contribution < 1.29 is 19.1 Å². The van der Waals surface area contributed by atoms with Crippen molar-refractivity contribution >= 4 is 23.6 Å². The van der Waals surface area contributed by atoms with Gasteiger partial charge in [-0.25, -0.2) is 9.59 Å². The van der Waals surface area contributed by atoms with Gasteiger partial charge in [0, 0.05) is 17.8 Å². The molecule has 35 heavy (non-hydrogen) atoms. The molecule has 0 spiro atoms. The maximum absolute atomic E-state index is 13.2. The lowest BCUT2D eigenvalue weighted by Crippen LogP contribution is -2.46. The van der Waals surface area contributed by atoms with E-state index in [0.29, 0.717) is 42.3 Å². The third-order valence-corrected chi connectivity index (χ3v) is 6.94. The van der Waals surface area contributed by atoms with Gasteiger partial charge >= 0.3 is 12.0 Å². The molecule has 1 aromatic rings. The van der Waals surface area contributed by atoms with E-state index in [0.717, 1.165) is 31.2 Å². The van der Waals surface area contributed by atoms with Gasteiger partial charge in [0.15, 0.2) is 0 Å². The minimum Gasteiger partial charge on any atom is -0.462 e. The zero-order valence-electron chi connectivity index (χ0n) is 21.3. The monoisotopic (exact) mass is 483 g/mol. The van der Waals surface area contributed by atoms with E-state index in [4.69, 9.17) is 4.74 Å². The summed E-state index contributed by atoms with van der Waals surface area (Å²) in [6, 6.07) is 6.38. The lowest BCUT2D eigenvalue weighted by atomic mass is 9.90. The van der Waals surface area contributed by atoms with Gasteiger partial charge in [-0.1, -0.05) is 70.9 Å². The number of carbonyl (C=O) groups is 3. The van der Waals surface area contributed by atoms with E-state index in [1.165, 1.54) is 38.5 Å². The second kappa shape index (κ2) is 13.9. The Kier molecular flexibility index (Phi) is 10.6. The maximum Gasteiger partial charge on any atom is 0.338 e. The molecule has 1 aliphatic carbocycles. The molecule has 0 radical (unpaired) electrons. The number of allylic oxidation sites excluding steroid dienone is 1. The molecular formula is C28H41N3O4. The number of esters is 1. The van der Waals surface area contributed by atoms with Gasteiger partial charge in [-0.15, -0.1) is 0 Å². The SMILES string of the molecule is CCCCCCCC(=O)Nc1ccc(C2NC(=O)NC(CC)=C2C(=O)OCC2CCCCC2)cc1. The van der Waals surface area contributed by atoms with Gasteiger partial charge in [0.05, 0.1) is 18.2 Å². The van der Waals surface area contributed by atoms with Gasteiger partial charge in [-0.3, -0.25) is 4.79 Å². The number of hydrogen-bond donors (Lipinski definition) is 3. The highest BCUT2D eigenvalue weighted by Gasteiger charge is 2.33. The molecule has 3 rings (SSSR count). The van der Waals surface area contributed by atoms with Crippen LogP contribution >= 0.6 is 0 Å². The molecule has 1 aromatic carbocycles. The average Bonchev–Trinajstić information content (AvgIpc) is 2.87. The van der Waals surface area contributed by atoms with Crippen molar-refractivity contribution in [2.24, 2.45) is 5.92 Å². The topological polar surface area (TPSA) is 96.5 Å². The quantitative estimate of drug-likeness (QED) is 0.246. The molecule has 1 atom stereocenters. The summed E-state index contributed by atoms with van der Waals surface area (Å²) in [7, 11) is 0. The smallest absolute Gasteiger partial charge is 0.338 e. The molecule has 0 aromatic heterocycles. The van der Waals surface area contributed by atoms with Crippen molar-refractivity contribution in [2.75, 3.05) is 11.9 Å². The Hall–Kier alpha value is -2.83. The second-order valence-corrected chi connectivity index (χ2v) is 9.71. The van der Waals surface area contributed by atoms with Crippen LogP contribution in [0.2, 0.25) is 0 Å². The van der Waals surface area contributed by atoms with E-state index in [9.17, 15) is 14.4 Å². The van der Waals surface area contributed by atoms with Crippen molar-refractivity contribution in [3.05, 3.63) is 41.1 Å². The van der Waals surface area contributed by atoms with Gasteiger partial charge < -0.3 is 20.7 Å². The lowest BCUT2D eigenvalue weighted by Gasteiger charge is -2.30. The number of urea groups is 1. The van der Waals surface area contributed by atoms with E-state index < -0.39 is 6.04 Å². The number of benzene rings is 1. The number of ether oxygens (including phenoxy) is 1. The van der Waals surface area contributed by atoms with Crippen LogP contribution in [0.25, 0.3) is 0 Å². The number of anilines is 1. The largest absolute Gasteiger partial charge is 0.462 e. The minimum atomic E-state index is -0.596. The molecule has 1 aliphatic heterocycles. The number of amides is 3. The summed E-state index contributed by atoms with van der Waals surface area (Å²) in [5, 5.41) is 8.59. The van der Waals surface area contributed by atoms with Gasteiger partial charge in [-0.05, 0) is 49.3 Å². The van der Waals surface area contributed by atoms with Gasteiger partial charge in [0.25, 0.3) is 0 Å². The summed E-state index contributed by atoms with van der Waals surface area (Å²) in [4.78, 5) is 37.7. The predicted molar refractivity (Wildman–Crippen MR) is 138 cm³/mol. The predicted octanol–water partition coefficient (Wildman–Crippen LogP) is 6.13. The number of unbranched alkanes of at least 4 members (excludes halogenated alkanes) is 4. The van der Waals surface area contributed by atoms with E-state index in [-0.39, 0.29) is 17.9 Å². The van der Waals surface area contributed by atoms with E-state index in [1.807, 2.05) is 31.2 Å². The van der Waals surface area contributed by atoms with Crippen LogP contribution in [0.3, 0.4) is 0 Å². The Balaban J connectivity index is 1.64. The number of carbonyl (C=O) groups excluding carboxylic acids is 3. The molecule has 192 valence electrons. The highest BCUT2D eigenvalue weighted by Crippen LogP contribution is 2.31. The van der Waals surface area contributed by atoms with Gasteiger partial charge in [-0.2, -0.15) is 0 Å². The molecule has 1 unspecified atom stereocenters. The van der Waals surface area contributed by atoms with E-state index >= 15 is 0 Å².